The number of hydrogen-bond donors (Lipinski definition) is 2. The van der Waals surface area contributed by atoms with Crippen LogP contribution in [0.2, 0.25) is 0 Å². The number of alkyl halides is 3. The fourth-order valence-corrected chi connectivity index (χ4v) is 1.42. The smallest absolute Gasteiger partial charge is 0.391 e. The Bertz CT molecular complexity index is 278. The Hall–Kier alpha value is -1.27. The Morgan fingerprint density at radius 1 is 1.24 bits per heavy atom. The first-order chi connectivity index (χ1) is 7.60. The van der Waals surface area contributed by atoms with Crippen LogP contribution in [0.15, 0.2) is 0 Å². The van der Waals surface area contributed by atoms with Crippen LogP contribution in [0.1, 0.15) is 33.1 Å². The maximum absolute atomic E-state index is 12.0. The van der Waals surface area contributed by atoms with E-state index >= 15 is 0 Å². The Morgan fingerprint density at radius 3 is 2.18 bits per heavy atom. The summed E-state index contributed by atoms with van der Waals surface area (Å²) in [6.07, 6.45) is -5.68. The van der Waals surface area contributed by atoms with E-state index in [9.17, 15) is 22.8 Å². The van der Waals surface area contributed by atoms with Gasteiger partial charge in [0.15, 0.2) is 0 Å². The minimum absolute atomic E-state index is 0.0888. The van der Waals surface area contributed by atoms with Crippen LogP contribution in [0.3, 0.4) is 0 Å². The summed E-state index contributed by atoms with van der Waals surface area (Å²) in [5.74, 6) is -1.99. The second kappa shape index (κ2) is 6.46. The standard InChI is InChI=1S/C10H16F3NO3/c1-6(4-9(16)17)3-8(15)14-7(2)5-10(11,12)13/h6-7H,3-5H2,1-2H3,(H,14,15)(H,16,17). The van der Waals surface area contributed by atoms with Crippen LogP contribution in [0.4, 0.5) is 13.2 Å². The highest BCUT2D eigenvalue weighted by Crippen LogP contribution is 2.21. The third-order valence-corrected chi connectivity index (χ3v) is 2.00. The number of rotatable bonds is 6. The number of amides is 1. The van der Waals surface area contributed by atoms with Gasteiger partial charge in [-0.15, -0.1) is 0 Å². The van der Waals surface area contributed by atoms with E-state index in [4.69, 9.17) is 5.11 Å². The van der Waals surface area contributed by atoms with Gasteiger partial charge >= 0.3 is 12.1 Å². The molecule has 0 aromatic rings. The molecule has 17 heavy (non-hydrogen) atoms. The van der Waals surface area contributed by atoms with Crippen LogP contribution >= 0.6 is 0 Å². The maximum Gasteiger partial charge on any atom is 0.391 e. The van der Waals surface area contributed by atoms with Gasteiger partial charge in [0.2, 0.25) is 5.91 Å². The van der Waals surface area contributed by atoms with Crippen LogP contribution < -0.4 is 5.32 Å². The number of aliphatic carboxylic acids is 1. The van der Waals surface area contributed by atoms with E-state index in [1.54, 1.807) is 6.92 Å². The first-order valence-electron chi connectivity index (χ1n) is 5.18. The molecule has 0 saturated carbocycles. The molecule has 0 spiro atoms. The summed E-state index contributed by atoms with van der Waals surface area (Å²) in [4.78, 5) is 21.6. The predicted molar refractivity (Wildman–Crippen MR) is 54.3 cm³/mol. The van der Waals surface area contributed by atoms with Gasteiger partial charge in [-0.3, -0.25) is 9.59 Å². The first-order valence-corrected chi connectivity index (χ1v) is 5.18. The lowest BCUT2D eigenvalue weighted by molar-refractivity contribution is -0.141. The molecule has 2 atom stereocenters. The van der Waals surface area contributed by atoms with Gasteiger partial charge in [-0.25, -0.2) is 0 Å². The molecule has 0 aliphatic rings. The van der Waals surface area contributed by atoms with Crippen molar-refractivity contribution < 1.29 is 27.9 Å². The summed E-state index contributed by atoms with van der Waals surface area (Å²) in [6.45, 7) is 2.81. The fourth-order valence-electron chi connectivity index (χ4n) is 1.42. The zero-order valence-corrected chi connectivity index (χ0v) is 9.67. The number of carboxylic acids is 1. The normalized spacial score (nSPS) is 15.1. The van der Waals surface area contributed by atoms with Crippen molar-refractivity contribution in [1.82, 2.24) is 5.32 Å². The predicted octanol–water partition coefficient (Wildman–Crippen LogP) is 1.94. The van der Waals surface area contributed by atoms with Gasteiger partial charge in [0.25, 0.3) is 0 Å². The number of carbonyl (C=O) groups excluding carboxylic acids is 1. The van der Waals surface area contributed by atoms with E-state index in [-0.39, 0.29) is 12.8 Å². The Labute approximate surface area is 97.2 Å². The van der Waals surface area contributed by atoms with Crippen molar-refractivity contribution in [2.24, 2.45) is 5.92 Å². The van der Waals surface area contributed by atoms with Gasteiger partial charge in [-0.05, 0) is 12.8 Å². The molecule has 0 rings (SSSR count). The average molecular weight is 255 g/mol. The van der Waals surface area contributed by atoms with Crippen molar-refractivity contribution in [3.8, 4) is 0 Å². The summed E-state index contributed by atoms with van der Waals surface area (Å²) >= 11 is 0. The van der Waals surface area contributed by atoms with E-state index < -0.39 is 36.4 Å². The van der Waals surface area contributed by atoms with Crippen molar-refractivity contribution >= 4 is 11.9 Å². The number of halogens is 3. The number of nitrogens with one attached hydrogen (secondary N) is 1. The van der Waals surface area contributed by atoms with Crippen LogP contribution in [0.5, 0.6) is 0 Å². The van der Waals surface area contributed by atoms with Crippen molar-refractivity contribution in [2.75, 3.05) is 0 Å². The van der Waals surface area contributed by atoms with Gasteiger partial charge in [0.1, 0.15) is 0 Å². The van der Waals surface area contributed by atoms with E-state index in [0.717, 1.165) is 0 Å². The molecular formula is C10H16F3NO3. The number of carbonyl (C=O) groups is 2. The highest BCUT2D eigenvalue weighted by atomic mass is 19.4. The SMILES string of the molecule is CC(CC(=O)O)CC(=O)NC(C)CC(F)(F)F. The zero-order chi connectivity index (χ0) is 13.6. The minimum Gasteiger partial charge on any atom is -0.481 e. The van der Waals surface area contributed by atoms with Crippen molar-refractivity contribution in [2.45, 2.75) is 45.3 Å². The lowest BCUT2D eigenvalue weighted by Gasteiger charge is -2.17. The van der Waals surface area contributed by atoms with Crippen LogP contribution in [0, 0.1) is 5.92 Å². The molecule has 0 fully saturated rings. The summed E-state index contributed by atoms with van der Waals surface area (Å²) in [7, 11) is 0. The number of hydrogen-bond acceptors (Lipinski definition) is 2. The first kappa shape index (κ1) is 15.7. The lowest BCUT2D eigenvalue weighted by atomic mass is 10.0. The molecule has 0 saturated heterocycles. The lowest BCUT2D eigenvalue weighted by Crippen LogP contribution is -2.36. The van der Waals surface area contributed by atoms with Crippen LogP contribution in [0.25, 0.3) is 0 Å². The van der Waals surface area contributed by atoms with Crippen LogP contribution in [-0.2, 0) is 9.59 Å². The van der Waals surface area contributed by atoms with E-state index in [1.165, 1.54) is 6.92 Å². The Kier molecular flexibility index (Phi) is 5.98. The molecule has 2 N–H and O–H groups in total. The second-order valence-corrected chi connectivity index (χ2v) is 4.20. The van der Waals surface area contributed by atoms with Gasteiger partial charge < -0.3 is 10.4 Å². The summed E-state index contributed by atoms with van der Waals surface area (Å²) in [6, 6.07) is -1.00. The third kappa shape index (κ3) is 9.65. The zero-order valence-electron chi connectivity index (χ0n) is 9.67. The summed E-state index contributed by atoms with van der Waals surface area (Å²) in [5.41, 5.74) is 0. The van der Waals surface area contributed by atoms with Crippen molar-refractivity contribution in [1.29, 1.82) is 0 Å². The minimum atomic E-state index is -4.32. The van der Waals surface area contributed by atoms with Gasteiger partial charge in [0.05, 0.1) is 6.42 Å². The van der Waals surface area contributed by atoms with Crippen molar-refractivity contribution in [3.05, 3.63) is 0 Å². The maximum atomic E-state index is 12.0. The molecule has 2 unspecified atom stereocenters. The molecule has 7 heteroatoms. The fraction of sp³-hybridized carbons (Fsp3) is 0.800. The molecular weight excluding hydrogens is 239 g/mol. The van der Waals surface area contributed by atoms with E-state index in [0.29, 0.717) is 0 Å². The van der Waals surface area contributed by atoms with E-state index in [1.807, 2.05) is 0 Å². The highest BCUT2D eigenvalue weighted by molar-refractivity contribution is 5.77. The topological polar surface area (TPSA) is 66.4 Å². The highest BCUT2D eigenvalue weighted by Gasteiger charge is 2.30. The molecule has 0 radical (unpaired) electrons. The molecule has 0 aromatic heterocycles. The molecule has 100 valence electrons. The molecule has 0 aliphatic carbocycles. The van der Waals surface area contributed by atoms with Crippen molar-refractivity contribution in [3.63, 3.8) is 0 Å². The summed E-state index contributed by atoms with van der Waals surface area (Å²) < 4.78 is 35.9. The number of carboxylic acid groups (broad SMARTS) is 1. The van der Waals surface area contributed by atoms with Gasteiger partial charge in [0, 0.05) is 18.9 Å². The quantitative estimate of drug-likeness (QED) is 0.762. The molecule has 4 nitrogen and oxygen atoms in total. The monoisotopic (exact) mass is 255 g/mol. The molecule has 0 heterocycles. The third-order valence-electron chi connectivity index (χ3n) is 2.00. The molecule has 0 bridgehead atoms. The second-order valence-electron chi connectivity index (χ2n) is 4.20. The van der Waals surface area contributed by atoms with Crippen LogP contribution in [-0.4, -0.2) is 29.2 Å². The Morgan fingerprint density at radius 2 is 1.76 bits per heavy atom. The molecule has 0 aromatic carbocycles. The van der Waals surface area contributed by atoms with Gasteiger partial charge in [-0.2, -0.15) is 13.2 Å². The van der Waals surface area contributed by atoms with E-state index in [2.05, 4.69) is 5.32 Å². The molecule has 1 amide bonds. The largest absolute Gasteiger partial charge is 0.481 e. The van der Waals surface area contributed by atoms with Gasteiger partial charge in [-0.1, -0.05) is 6.92 Å². The Balaban J connectivity index is 3.97. The average Bonchev–Trinajstić information content (AvgIpc) is 1.95. The summed E-state index contributed by atoms with van der Waals surface area (Å²) in [5, 5.41) is 10.6. The molecule has 0 aliphatic heterocycles.